The molecule has 0 aliphatic carbocycles. The number of hydrogen-bond acceptors (Lipinski definition) is 5. The number of carbonyl (C=O) groups is 2. The fraction of sp³-hybridized carbons (Fsp3) is 0.444. The first-order valence-corrected chi connectivity index (χ1v) is 8.58. The highest BCUT2D eigenvalue weighted by molar-refractivity contribution is 5.84. The lowest BCUT2D eigenvalue weighted by Gasteiger charge is -2.27. The highest BCUT2D eigenvalue weighted by atomic mass is 16.5. The summed E-state index contributed by atoms with van der Waals surface area (Å²) in [6.45, 7) is 2.03. The number of rotatable bonds is 4. The predicted octanol–water partition coefficient (Wildman–Crippen LogP) is 2.32. The van der Waals surface area contributed by atoms with E-state index < -0.39 is 0 Å². The maximum absolute atomic E-state index is 12.5. The van der Waals surface area contributed by atoms with Crippen LogP contribution in [0.2, 0.25) is 0 Å². The number of aromatic nitrogens is 2. The Morgan fingerprint density at radius 1 is 1.24 bits per heavy atom. The molecule has 0 radical (unpaired) electrons. The average Bonchev–Trinajstić information content (AvgIpc) is 2.98. The van der Waals surface area contributed by atoms with E-state index in [9.17, 15) is 9.59 Å². The van der Waals surface area contributed by atoms with Crippen LogP contribution in [0, 0.1) is 0 Å². The zero-order valence-corrected chi connectivity index (χ0v) is 14.3. The summed E-state index contributed by atoms with van der Waals surface area (Å²) in [5, 5.41) is 6.69. The topological polar surface area (TPSA) is 88.3 Å². The molecule has 1 N–H and O–H groups in total. The third-order valence-corrected chi connectivity index (χ3v) is 4.32. The van der Waals surface area contributed by atoms with Gasteiger partial charge in [-0.3, -0.25) is 9.59 Å². The monoisotopic (exact) mass is 342 g/mol. The number of hydrogen-bond donors (Lipinski definition) is 1. The van der Waals surface area contributed by atoms with Gasteiger partial charge in [0.15, 0.2) is 5.82 Å². The predicted molar refractivity (Wildman–Crippen MR) is 91.3 cm³/mol. The van der Waals surface area contributed by atoms with Crippen LogP contribution in [0.3, 0.4) is 0 Å². The second-order valence-electron chi connectivity index (χ2n) is 6.19. The smallest absolute Gasteiger partial charge is 0.257 e. The molecule has 3 rings (SSSR count). The fourth-order valence-corrected chi connectivity index (χ4v) is 3.05. The Balaban J connectivity index is 1.80. The van der Waals surface area contributed by atoms with Crippen LogP contribution >= 0.6 is 0 Å². The number of amides is 2. The Morgan fingerprint density at radius 2 is 2.04 bits per heavy atom. The summed E-state index contributed by atoms with van der Waals surface area (Å²) in [6, 6.07) is 9.34. The quantitative estimate of drug-likeness (QED) is 0.921. The molecule has 1 aromatic heterocycles. The van der Waals surface area contributed by atoms with Crippen molar-refractivity contribution in [1.29, 1.82) is 0 Å². The normalized spacial score (nSPS) is 17.8. The lowest BCUT2D eigenvalue weighted by molar-refractivity contribution is -0.134. The van der Waals surface area contributed by atoms with Crippen LogP contribution in [0.15, 0.2) is 34.9 Å². The van der Waals surface area contributed by atoms with Crippen molar-refractivity contribution in [3.05, 3.63) is 36.2 Å². The zero-order valence-electron chi connectivity index (χ0n) is 14.3. The molecule has 1 aromatic carbocycles. The molecule has 2 amide bonds. The van der Waals surface area contributed by atoms with E-state index in [0.29, 0.717) is 18.3 Å². The van der Waals surface area contributed by atoms with Crippen LogP contribution in [0.25, 0.3) is 11.5 Å². The van der Waals surface area contributed by atoms with Crippen molar-refractivity contribution >= 4 is 11.8 Å². The molecular weight excluding hydrogens is 320 g/mol. The van der Waals surface area contributed by atoms with Gasteiger partial charge < -0.3 is 14.7 Å². The van der Waals surface area contributed by atoms with E-state index in [1.165, 1.54) is 6.92 Å². The molecular formula is C18H22N4O3. The van der Waals surface area contributed by atoms with Crippen LogP contribution in [-0.2, 0) is 9.59 Å². The maximum atomic E-state index is 12.5. The molecule has 1 fully saturated rings. The van der Waals surface area contributed by atoms with Gasteiger partial charge in [0.1, 0.15) is 0 Å². The van der Waals surface area contributed by atoms with Crippen molar-refractivity contribution in [2.75, 3.05) is 13.1 Å². The Morgan fingerprint density at radius 3 is 2.80 bits per heavy atom. The van der Waals surface area contributed by atoms with Crippen molar-refractivity contribution in [1.82, 2.24) is 20.4 Å². The molecule has 0 saturated carbocycles. The van der Waals surface area contributed by atoms with E-state index in [4.69, 9.17) is 4.52 Å². The molecule has 0 spiro atoms. The van der Waals surface area contributed by atoms with Crippen LogP contribution in [0.4, 0.5) is 0 Å². The molecule has 7 heteroatoms. The van der Waals surface area contributed by atoms with Gasteiger partial charge >= 0.3 is 0 Å². The summed E-state index contributed by atoms with van der Waals surface area (Å²) in [4.78, 5) is 29.9. The minimum Gasteiger partial charge on any atom is -0.347 e. The number of benzene rings is 1. The third-order valence-electron chi connectivity index (χ3n) is 4.32. The minimum atomic E-state index is -0.218. The Labute approximate surface area is 146 Å². The summed E-state index contributed by atoms with van der Waals surface area (Å²) >= 11 is 0. The number of carbonyl (C=O) groups excluding carboxylic acids is 2. The zero-order chi connectivity index (χ0) is 17.6. The molecule has 1 aliphatic heterocycles. The van der Waals surface area contributed by atoms with Gasteiger partial charge in [-0.2, -0.15) is 4.98 Å². The molecule has 1 atom stereocenters. The Kier molecular flexibility index (Phi) is 5.42. The average molecular weight is 342 g/mol. The minimum absolute atomic E-state index is 0.00473. The SMILES string of the molecule is CC(=O)NCC(=O)N1CCCCCC1c1noc(-c2ccccc2)n1. The number of nitrogens with one attached hydrogen (secondary N) is 1. The molecule has 2 heterocycles. The van der Waals surface area contributed by atoms with E-state index in [-0.39, 0.29) is 24.4 Å². The van der Waals surface area contributed by atoms with Gasteiger partial charge in [-0.25, -0.2) is 0 Å². The molecule has 1 unspecified atom stereocenters. The Hall–Kier alpha value is -2.70. The lowest BCUT2D eigenvalue weighted by Crippen LogP contribution is -2.41. The summed E-state index contributed by atoms with van der Waals surface area (Å²) in [6.07, 6.45) is 3.79. The number of nitrogens with zero attached hydrogens (tertiary/aromatic N) is 3. The van der Waals surface area contributed by atoms with E-state index >= 15 is 0 Å². The Bertz CT molecular complexity index is 729. The van der Waals surface area contributed by atoms with Crippen LogP contribution in [0.5, 0.6) is 0 Å². The first-order chi connectivity index (χ1) is 12.1. The van der Waals surface area contributed by atoms with Crippen molar-refractivity contribution in [2.45, 2.75) is 38.6 Å². The summed E-state index contributed by atoms with van der Waals surface area (Å²) in [5.41, 5.74) is 0.853. The van der Waals surface area contributed by atoms with Gasteiger partial charge in [-0.05, 0) is 25.0 Å². The van der Waals surface area contributed by atoms with E-state index in [2.05, 4.69) is 15.5 Å². The van der Waals surface area contributed by atoms with E-state index in [1.54, 1.807) is 4.90 Å². The molecule has 25 heavy (non-hydrogen) atoms. The maximum Gasteiger partial charge on any atom is 0.257 e. The first kappa shape index (κ1) is 17.1. The van der Waals surface area contributed by atoms with Crippen molar-refractivity contribution in [2.24, 2.45) is 0 Å². The largest absolute Gasteiger partial charge is 0.347 e. The van der Waals surface area contributed by atoms with Gasteiger partial charge in [-0.15, -0.1) is 0 Å². The second kappa shape index (κ2) is 7.92. The van der Waals surface area contributed by atoms with E-state index in [0.717, 1.165) is 31.2 Å². The molecule has 1 aliphatic rings. The third kappa shape index (κ3) is 4.23. The highest BCUT2D eigenvalue weighted by Crippen LogP contribution is 2.30. The molecule has 132 valence electrons. The van der Waals surface area contributed by atoms with Gasteiger partial charge in [0.05, 0.1) is 12.6 Å². The van der Waals surface area contributed by atoms with Crippen LogP contribution in [0.1, 0.15) is 44.5 Å². The van der Waals surface area contributed by atoms with Crippen LogP contribution in [-0.4, -0.2) is 39.9 Å². The van der Waals surface area contributed by atoms with E-state index in [1.807, 2.05) is 30.3 Å². The first-order valence-electron chi connectivity index (χ1n) is 8.58. The van der Waals surface area contributed by atoms with Gasteiger partial charge in [0.25, 0.3) is 5.89 Å². The van der Waals surface area contributed by atoms with Gasteiger partial charge in [0.2, 0.25) is 11.8 Å². The fourth-order valence-electron chi connectivity index (χ4n) is 3.05. The van der Waals surface area contributed by atoms with Crippen molar-refractivity contribution in [3.8, 4) is 11.5 Å². The molecule has 0 bridgehead atoms. The van der Waals surface area contributed by atoms with Crippen LogP contribution < -0.4 is 5.32 Å². The summed E-state index contributed by atoms with van der Waals surface area (Å²) in [7, 11) is 0. The summed E-state index contributed by atoms with van der Waals surface area (Å²) in [5.74, 6) is 0.643. The molecule has 2 aromatic rings. The second-order valence-corrected chi connectivity index (χ2v) is 6.19. The van der Waals surface area contributed by atoms with Gasteiger partial charge in [-0.1, -0.05) is 36.2 Å². The molecule has 7 nitrogen and oxygen atoms in total. The summed E-state index contributed by atoms with van der Waals surface area (Å²) < 4.78 is 5.40. The van der Waals surface area contributed by atoms with Gasteiger partial charge in [0, 0.05) is 19.0 Å². The molecule has 1 saturated heterocycles. The lowest BCUT2D eigenvalue weighted by atomic mass is 10.1. The number of likely N-dealkylation sites (tertiary alicyclic amines) is 1. The van der Waals surface area contributed by atoms with Crippen molar-refractivity contribution in [3.63, 3.8) is 0 Å². The highest BCUT2D eigenvalue weighted by Gasteiger charge is 2.30. The standard InChI is InChI=1S/C18H22N4O3/c1-13(23)19-12-16(24)22-11-7-3-6-10-15(22)17-20-18(25-21-17)14-8-4-2-5-9-14/h2,4-5,8-9,15H,3,6-7,10-12H2,1H3,(H,19,23). The van der Waals surface area contributed by atoms with Crippen molar-refractivity contribution < 1.29 is 14.1 Å².